The van der Waals surface area contributed by atoms with Crippen molar-refractivity contribution >= 4 is 17.5 Å². The van der Waals surface area contributed by atoms with Crippen molar-refractivity contribution in [3.05, 3.63) is 65.9 Å². The van der Waals surface area contributed by atoms with Gasteiger partial charge in [-0.15, -0.1) is 0 Å². The predicted molar refractivity (Wildman–Crippen MR) is 90.2 cm³/mol. The molecular formula is C18H19FN2O4. The summed E-state index contributed by atoms with van der Waals surface area (Å²) >= 11 is 0. The first-order valence-electron chi connectivity index (χ1n) is 7.58. The lowest BCUT2D eigenvalue weighted by Gasteiger charge is -2.20. The normalized spacial score (nSPS) is 13.4. The van der Waals surface area contributed by atoms with Crippen molar-refractivity contribution in [2.24, 2.45) is 0 Å². The van der Waals surface area contributed by atoms with Gasteiger partial charge >= 0.3 is 0 Å². The Morgan fingerprint density at radius 3 is 2.40 bits per heavy atom. The van der Waals surface area contributed by atoms with Crippen LogP contribution >= 0.6 is 0 Å². The maximum atomic E-state index is 12.8. The molecule has 1 unspecified atom stereocenters. The van der Waals surface area contributed by atoms with Gasteiger partial charge in [-0.05, 0) is 50.2 Å². The van der Waals surface area contributed by atoms with Gasteiger partial charge in [-0.3, -0.25) is 9.59 Å². The lowest BCUT2D eigenvalue weighted by molar-refractivity contribution is -0.118. The zero-order valence-electron chi connectivity index (χ0n) is 13.9. The van der Waals surface area contributed by atoms with Gasteiger partial charge in [0.1, 0.15) is 22.9 Å². The minimum Gasteiger partial charge on any atom is -0.463 e. The van der Waals surface area contributed by atoms with Gasteiger partial charge in [-0.2, -0.15) is 0 Å². The molecule has 0 spiro atoms. The Kier molecular flexibility index (Phi) is 5.71. The number of hydrogen-bond donors (Lipinski definition) is 3. The Morgan fingerprint density at radius 2 is 1.80 bits per heavy atom. The Morgan fingerprint density at radius 1 is 1.16 bits per heavy atom. The number of furan rings is 1. The number of amides is 2. The summed E-state index contributed by atoms with van der Waals surface area (Å²) in [5, 5.41) is 15.3. The second kappa shape index (κ2) is 7.76. The van der Waals surface area contributed by atoms with Crippen LogP contribution in [0.2, 0.25) is 0 Å². The van der Waals surface area contributed by atoms with Crippen LogP contribution in [0.3, 0.4) is 0 Å². The number of halogens is 1. The van der Waals surface area contributed by atoms with E-state index in [-0.39, 0.29) is 6.54 Å². The number of anilines is 1. The fourth-order valence-electron chi connectivity index (χ4n) is 2.00. The molecule has 2 amide bonds. The Labute approximate surface area is 144 Å². The molecule has 1 aromatic carbocycles. The molecule has 2 aromatic rings. The number of carbonyl (C=O) groups excluding carboxylic acids is 2. The minimum absolute atomic E-state index is 0.0806. The summed E-state index contributed by atoms with van der Waals surface area (Å²) in [6.45, 7) is 3.18. The van der Waals surface area contributed by atoms with Crippen molar-refractivity contribution in [1.82, 2.24) is 5.32 Å². The zero-order chi connectivity index (χ0) is 18.4. The number of carbonyl (C=O) groups is 2. The monoisotopic (exact) mass is 346 g/mol. The van der Waals surface area contributed by atoms with Crippen molar-refractivity contribution in [3.63, 3.8) is 0 Å². The van der Waals surface area contributed by atoms with E-state index in [0.29, 0.717) is 17.2 Å². The molecule has 0 aliphatic heterocycles. The van der Waals surface area contributed by atoms with Crippen LogP contribution in [0.1, 0.15) is 18.4 Å². The van der Waals surface area contributed by atoms with Crippen LogP contribution < -0.4 is 10.6 Å². The molecule has 0 aliphatic rings. The van der Waals surface area contributed by atoms with E-state index >= 15 is 0 Å². The maximum Gasteiger partial charge on any atom is 0.248 e. The highest BCUT2D eigenvalue weighted by Gasteiger charge is 2.27. The molecule has 1 heterocycles. The smallest absolute Gasteiger partial charge is 0.248 e. The molecule has 1 atom stereocenters. The van der Waals surface area contributed by atoms with Crippen LogP contribution in [0.4, 0.5) is 10.1 Å². The molecule has 25 heavy (non-hydrogen) atoms. The molecule has 6 nitrogen and oxygen atoms in total. The van der Waals surface area contributed by atoms with E-state index in [9.17, 15) is 19.1 Å². The van der Waals surface area contributed by atoms with E-state index in [1.54, 1.807) is 19.1 Å². The van der Waals surface area contributed by atoms with Crippen molar-refractivity contribution in [1.29, 1.82) is 0 Å². The fraction of sp³-hybridized carbons (Fsp3) is 0.222. The molecule has 0 aliphatic carbocycles. The lowest BCUT2D eigenvalue weighted by Crippen LogP contribution is -2.37. The highest BCUT2D eigenvalue weighted by atomic mass is 19.1. The molecule has 0 saturated heterocycles. The number of benzene rings is 1. The van der Waals surface area contributed by atoms with Gasteiger partial charge in [-0.1, -0.05) is 0 Å². The summed E-state index contributed by atoms with van der Waals surface area (Å²) in [4.78, 5) is 23.4. The standard InChI is InChI=1S/C18H19FN2O4/c1-12-3-8-15(25-12)18(2,24)11-20-16(22)9-10-17(23)21-14-6-4-13(19)5-7-14/h3-10,24H,11H2,1-2H3,(H,20,22)(H,21,23)/b10-9+. The van der Waals surface area contributed by atoms with E-state index in [4.69, 9.17) is 4.42 Å². The third-order valence-electron chi connectivity index (χ3n) is 3.38. The number of aryl methyl sites for hydroxylation is 1. The topological polar surface area (TPSA) is 91.6 Å². The second-order valence-electron chi connectivity index (χ2n) is 5.73. The minimum atomic E-state index is -1.37. The largest absolute Gasteiger partial charge is 0.463 e. The fourth-order valence-corrected chi connectivity index (χ4v) is 2.00. The average Bonchev–Trinajstić information content (AvgIpc) is 3.01. The zero-order valence-corrected chi connectivity index (χ0v) is 13.9. The summed E-state index contributed by atoms with van der Waals surface area (Å²) in [6.07, 6.45) is 2.09. The van der Waals surface area contributed by atoms with Gasteiger partial charge < -0.3 is 20.2 Å². The Bertz CT molecular complexity index is 779. The summed E-state index contributed by atoms with van der Waals surface area (Å²) in [6, 6.07) is 8.58. The van der Waals surface area contributed by atoms with E-state index in [0.717, 1.165) is 12.2 Å². The first kappa shape index (κ1) is 18.4. The molecule has 3 N–H and O–H groups in total. The van der Waals surface area contributed by atoms with Gasteiger partial charge in [0.25, 0.3) is 0 Å². The van der Waals surface area contributed by atoms with Crippen LogP contribution in [0.5, 0.6) is 0 Å². The first-order chi connectivity index (χ1) is 11.8. The highest BCUT2D eigenvalue weighted by Crippen LogP contribution is 2.21. The van der Waals surface area contributed by atoms with Crippen molar-refractivity contribution < 1.29 is 23.5 Å². The van der Waals surface area contributed by atoms with E-state index in [1.807, 2.05) is 0 Å². The van der Waals surface area contributed by atoms with Crippen LogP contribution in [-0.2, 0) is 15.2 Å². The Balaban J connectivity index is 1.83. The first-order valence-corrected chi connectivity index (χ1v) is 7.58. The van der Waals surface area contributed by atoms with Crippen LogP contribution in [-0.4, -0.2) is 23.5 Å². The number of aliphatic hydroxyl groups is 1. The predicted octanol–water partition coefficient (Wildman–Crippen LogP) is 2.25. The van der Waals surface area contributed by atoms with Gasteiger partial charge in [0.15, 0.2) is 0 Å². The van der Waals surface area contributed by atoms with Crippen LogP contribution in [0, 0.1) is 12.7 Å². The molecular weight excluding hydrogens is 327 g/mol. The molecule has 132 valence electrons. The SMILES string of the molecule is Cc1ccc(C(C)(O)CNC(=O)/C=C/C(=O)Nc2ccc(F)cc2)o1. The van der Waals surface area contributed by atoms with E-state index < -0.39 is 23.2 Å². The lowest BCUT2D eigenvalue weighted by atomic mass is 10.0. The molecule has 1 aromatic heterocycles. The third kappa shape index (κ3) is 5.58. The molecule has 0 radical (unpaired) electrons. The van der Waals surface area contributed by atoms with Crippen molar-refractivity contribution in [2.75, 3.05) is 11.9 Å². The summed E-state index contributed by atoms with van der Waals surface area (Å²) in [7, 11) is 0. The quantitative estimate of drug-likeness (QED) is 0.700. The maximum absolute atomic E-state index is 12.8. The van der Waals surface area contributed by atoms with Gasteiger partial charge in [-0.25, -0.2) is 4.39 Å². The number of nitrogens with one attached hydrogen (secondary N) is 2. The van der Waals surface area contributed by atoms with Gasteiger partial charge in [0.2, 0.25) is 11.8 Å². The summed E-state index contributed by atoms with van der Waals surface area (Å²) in [5.41, 5.74) is -0.957. The third-order valence-corrected chi connectivity index (χ3v) is 3.38. The van der Waals surface area contributed by atoms with Crippen molar-refractivity contribution in [2.45, 2.75) is 19.4 Å². The highest BCUT2D eigenvalue weighted by molar-refractivity contribution is 6.03. The van der Waals surface area contributed by atoms with Crippen molar-refractivity contribution in [3.8, 4) is 0 Å². The average molecular weight is 346 g/mol. The van der Waals surface area contributed by atoms with Gasteiger partial charge in [0, 0.05) is 17.8 Å². The molecule has 2 rings (SSSR count). The summed E-state index contributed by atoms with van der Waals surface area (Å²) < 4.78 is 18.1. The molecule has 0 bridgehead atoms. The second-order valence-corrected chi connectivity index (χ2v) is 5.73. The molecule has 0 fully saturated rings. The van der Waals surface area contributed by atoms with E-state index in [2.05, 4.69) is 10.6 Å². The Hall–Kier alpha value is -2.93. The summed E-state index contributed by atoms with van der Waals surface area (Å²) in [5.74, 6) is -0.498. The molecule has 0 saturated carbocycles. The van der Waals surface area contributed by atoms with Crippen LogP contribution in [0.25, 0.3) is 0 Å². The number of rotatable bonds is 6. The van der Waals surface area contributed by atoms with E-state index in [1.165, 1.54) is 31.2 Å². The van der Waals surface area contributed by atoms with Crippen LogP contribution in [0.15, 0.2) is 53.0 Å². The number of hydrogen-bond acceptors (Lipinski definition) is 4. The van der Waals surface area contributed by atoms with Gasteiger partial charge in [0.05, 0.1) is 6.54 Å². The molecule has 7 heteroatoms.